The molecule has 1 rings (SSSR count). The van der Waals surface area contributed by atoms with Gasteiger partial charge in [-0.15, -0.1) is 0 Å². The van der Waals surface area contributed by atoms with Gasteiger partial charge in [0.2, 0.25) is 5.91 Å². The lowest BCUT2D eigenvalue weighted by atomic mass is 9.99. The number of aliphatic hydroxyl groups excluding tert-OH is 6. The first-order valence-corrected chi connectivity index (χ1v) is 22.2. The third kappa shape index (κ3) is 25.0. The summed E-state index contributed by atoms with van der Waals surface area (Å²) in [6.07, 6.45) is 29.8. The summed E-state index contributed by atoms with van der Waals surface area (Å²) in [6.45, 7) is 3.57. The maximum atomic E-state index is 13.0. The predicted octanol–water partition coefficient (Wildman–Crippen LogP) is 7.69. The van der Waals surface area contributed by atoms with Crippen molar-refractivity contribution in [3.8, 4) is 0 Å². The van der Waals surface area contributed by atoms with Gasteiger partial charge in [0.05, 0.1) is 25.4 Å². The van der Waals surface area contributed by atoms with Crippen LogP contribution in [0.5, 0.6) is 0 Å². The number of carbonyl (C=O) groups is 1. The molecule has 54 heavy (non-hydrogen) atoms. The molecule has 318 valence electrons. The molecule has 0 aromatic heterocycles. The highest BCUT2D eigenvalue weighted by Crippen LogP contribution is 2.22. The monoisotopic (exact) mass is 770 g/mol. The molecule has 0 radical (unpaired) electrons. The highest BCUT2D eigenvalue weighted by atomic mass is 16.7. The van der Waals surface area contributed by atoms with Gasteiger partial charge in [-0.1, -0.05) is 179 Å². The van der Waals surface area contributed by atoms with Crippen LogP contribution in [-0.2, 0) is 14.3 Å². The van der Waals surface area contributed by atoms with Crippen LogP contribution in [0.3, 0.4) is 0 Å². The normalized spacial score (nSPS) is 22.3. The molecular weight excluding hydrogens is 686 g/mol. The lowest BCUT2D eigenvalue weighted by Gasteiger charge is -2.40. The molecular formula is C44H83NO9. The molecule has 1 heterocycles. The second-order valence-corrected chi connectivity index (χ2v) is 15.6. The third-order valence-corrected chi connectivity index (χ3v) is 10.6. The standard InChI is InChI=1S/C44H83NO9/c1-3-5-7-9-11-13-15-17-18-19-21-23-25-27-29-31-33-38(48)43(52)45-36(35-53-44-42(51)41(50)40(49)39(34-46)54-44)37(47)32-30-28-26-24-22-20-16-14-12-10-8-6-4-2/h22,24,30,32,36-42,44,46-51H,3-21,23,25-29,31,33-35H2,1-2H3,(H,45,52)/b24-22-,32-30+/t36-,37+,38+,39+,40+,41?,42?,44+/m0/s1. The van der Waals surface area contributed by atoms with Gasteiger partial charge in [-0.2, -0.15) is 0 Å². The van der Waals surface area contributed by atoms with Crippen molar-refractivity contribution < 1.29 is 44.9 Å². The molecule has 0 spiro atoms. The second kappa shape index (κ2) is 34.8. The average molecular weight is 770 g/mol. The fraction of sp³-hybridized carbons (Fsp3) is 0.886. The van der Waals surface area contributed by atoms with Gasteiger partial charge in [0, 0.05) is 0 Å². The number of rotatable bonds is 36. The van der Waals surface area contributed by atoms with Crippen molar-refractivity contribution in [1.29, 1.82) is 0 Å². The maximum Gasteiger partial charge on any atom is 0.249 e. The average Bonchev–Trinajstić information content (AvgIpc) is 3.17. The van der Waals surface area contributed by atoms with Gasteiger partial charge in [0.25, 0.3) is 0 Å². The van der Waals surface area contributed by atoms with Crippen LogP contribution >= 0.6 is 0 Å². The number of hydrogen-bond acceptors (Lipinski definition) is 9. The predicted molar refractivity (Wildman–Crippen MR) is 218 cm³/mol. The van der Waals surface area contributed by atoms with Crippen LogP contribution in [0, 0.1) is 0 Å². The minimum absolute atomic E-state index is 0.307. The van der Waals surface area contributed by atoms with Crippen molar-refractivity contribution in [2.45, 2.75) is 236 Å². The number of allylic oxidation sites excluding steroid dienone is 3. The number of nitrogens with one attached hydrogen (secondary N) is 1. The van der Waals surface area contributed by atoms with Crippen LogP contribution in [0.2, 0.25) is 0 Å². The van der Waals surface area contributed by atoms with Gasteiger partial charge >= 0.3 is 0 Å². The molecule has 0 bridgehead atoms. The van der Waals surface area contributed by atoms with E-state index < -0.39 is 61.5 Å². The van der Waals surface area contributed by atoms with E-state index in [4.69, 9.17) is 9.47 Å². The number of hydrogen-bond donors (Lipinski definition) is 7. The molecule has 1 aliphatic rings. The summed E-state index contributed by atoms with van der Waals surface area (Å²) < 4.78 is 11.1. The van der Waals surface area contributed by atoms with E-state index in [1.807, 2.05) is 6.08 Å². The number of ether oxygens (including phenoxy) is 2. The minimum atomic E-state index is -1.61. The van der Waals surface area contributed by atoms with E-state index >= 15 is 0 Å². The Balaban J connectivity index is 2.45. The van der Waals surface area contributed by atoms with Gasteiger partial charge in [0.1, 0.15) is 30.5 Å². The lowest BCUT2D eigenvalue weighted by molar-refractivity contribution is -0.302. The van der Waals surface area contributed by atoms with E-state index in [0.29, 0.717) is 19.3 Å². The molecule has 0 saturated carbocycles. The fourth-order valence-corrected chi connectivity index (χ4v) is 6.94. The van der Waals surface area contributed by atoms with Crippen LogP contribution in [0.25, 0.3) is 0 Å². The van der Waals surface area contributed by atoms with E-state index in [9.17, 15) is 35.4 Å². The molecule has 0 aliphatic carbocycles. The SMILES string of the molecule is CCCCCCCCC/C=C\CC/C=C/[C@@H](O)[C@H](CO[C@@H]1O[C@H](CO)[C@@H](O)C(O)C1O)NC(=O)[C@H](O)CCCCCCCCCCCCCCCCCC. The van der Waals surface area contributed by atoms with Crippen molar-refractivity contribution in [2.24, 2.45) is 0 Å². The van der Waals surface area contributed by atoms with Gasteiger partial charge in [-0.3, -0.25) is 4.79 Å². The van der Waals surface area contributed by atoms with Crippen molar-refractivity contribution in [2.75, 3.05) is 13.2 Å². The molecule has 1 fully saturated rings. The highest BCUT2D eigenvalue weighted by molar-refractivity contribution is 5.80. The zero-order chi connectivity index (χ0) is 39.7. The van der Waals surface area contributed by atoms with Crippen molar-refractivity contribution >= 4 is 5.91 Å². The summed E-state index contributed by atoms with van der Waals surface area (Å²) in [5.74, 6) is -0.626. The summed E-state index contributed by atoms with van der Waals surface area (Å²) in [6, 6.07) is -0.991. The molecule has 0 aromatic carbocycles. The largest absolute Gasteiger partial charge is 0.394 e. The number of amides is 1. The summed E-state index contributed by atoms with van der Waals surface area (Å²) in [5, 5.41) is 64.5. The van der Waals surface area contributed by atoms with E-state index in [1.165, 1.54) is 122 Å². The number of unbranched alkanes of at least 4 members (excludes halogenated alkanes) is 23. The number of aliphatic hydroxyl groups is 6. The molecule has 1 amide bonds. The quantitative estimate of drug-likeness (QED) is 0.0250. The molecule has 10 nitrogen and oxygen atoms in total. The van der Waals surface area contributed by atoms with Gasteiger partial charge in [-0.05, 0) is 32.1 Å². The molecule has 1 aliphatic heterocycles. The molecule has 7 N–H and O–H groups in total. The van der Waals surface area contributed by atoms with E-state index in [0.717, 1.165) is 32.1 Å². The Labute approximate surface area is 329 Å². The Hall–Kier alpha value is -1.37. The Kier molecular flexibility index (Phi) is 32.7. The summed E-state index contributed by atoms with van der Waals surface area (Å²) in [5.41, 5.74) is 0. The number of carbonyl (C=O) groups excluding carboxylic acids is 1. The summed E-state index contributed by atoms with van der Waals surface area (Å²) in [4.78, 5) is 13.0. The zero-order valence-electron chi connectivity index (χ0n) is 34.3. The van der Waals surface area contributed by atoms with Crippen LogP contribution < -0.4 is 5.32 Å². The minimum Gasteiger partial charge on any atom is -0.394 e. The zero-order valence-corrected chi connectivity index (χ0v) is 34.3. The third-order valence-electron chi connectivity index (χ3n) is 10.6. The smallest absolute Gasteiger partial charge is 0.249 e. The van der Waals surface area contributed by atoms with Crippen molar-refractivity contribution in [3.05, 3.63) is 24.3 Å². The summed E-state index contributed by atoms with van der Waals surface area (Å²) in [7, 11) is 0. The van der Waals surface area contributed by atoms with Crippen LogP contribution in [0.1, 0.15) is 187 Å². The first-order valence-electron chi connectivity index (χ1n) is 22.2. The van der Waals surface area contributed by atoms with Crippen molar-refractivity contribution in [1.82, 2.24) is 5.32 Å². The van der Waals surface area contributed by atoms with Crippen LogP contribution in [0.15, 0.2) is 24.3 Å². The van der Waals surface area contributed by atoms with Gasteiger partial charge in [-0.25, -0.2) is 0 Å². The molecule has 1 saturated heterocycles. The highest BCUT2D eigenvalue weighted by Gasteiger charge is 2.44. The van der Waals surface area contributed by atoms with Crippen LogP contribution in [0.4, 0.5) is 0 Å². The Morgan fingerprint density at radius 2 is 1.09 bits per heavy atom. The Morgan fingerprint density at radius 3 is 1.61 bits per heavy atom. The van der Waals surface area contributed by atoms with E-state index in [2.05, 4.69) is 31.3 Å². The van der Waals surface area contributed by atoms with Gasteiger partial charge in [0.15, 0.2) is 6.29 Å². The topological polar surface area (TPSA) is 169 Å². The Bertz CT molecular complexity index is 916. The van der Waals surface area contributed by atoms with Gasteiger partial charge < -0.3 is 45.4 Å². The van der Waals surface area contributed by atoms with Crippen LogP contribution in [-0.4, -0.2) is 98.7 Å². The molecule has 0 aromatic rings. The first kappa shape index (κ1) is 50.6. The lowest BCUT2D eigenvalue weighted by Crippen LogP contribution is -2.60. The van der Waals surface area contributed by atoms with E-state index in [1.54, 1.807) is 6.08 Å². The maximum absolute atomic E-state index is 13.0. The second-order valence-electron chi connectivity index (χ2n) is 15.6. The summed E-state index contributed by atoms with van der Waals surface area (Å²) >= 11 is 0. The fourth-order valence-electron chi connectivity index (χ4n) is 6.94. The molecule has 8 atom stereocenters. The molecule has 2 unspecified atom stereocenters. The van der Waals surface area contributed by atoms with E-state index in [-0.39, 0.29) is 6.61 Å². The van der Waals surface area contributed by atoms with Crippen molar-refractivity contribution in [3.63, 3.8) is 0 Å². The first-order chi connectivity index (χ1) is 26.3. The molecule has 10 heteroatoms. The Morgan fingerprint density at radius 1 is 0.630 bits per heavy atom.